The Morgan fingerprint density at radius 3 is 3.00 bits per heavy atom. The van der Waals surface area contributed by atoms with E-state index in [1.807, 2.05) is 12.1 Å². The van der Waals surface area contributed by atoms with Crippen molar-refractivity contribution in [3.05, 3.63) is 29.3 Å². The minimum absolute atomic E-state index is 0.425. The van der Waals surface area contributed by atoms with Crippen LogP contribution >= 0.6 is 11.6 Å². The fraction of sp³-hybridized carbons (Fsp3) is 0.500. The van der Waals surface area contributed by atoms with Crippen LogP contribution in [0.1, 0.15) is 25.7 Å². The molecule has 1 unspecified atom stereocenters. The van der Waals surface area contributed by atoms with Crippen LogP contribution in [0.25, 0.3) is 0 Å². The van der Waals surface area contributed by atoms with Gasteiger partial charge in [0.2, 0.25) is 0 Å². The number of nitrogens with one attached hydrogen (secondary N) is 2. The highest BCUT2D eigenvalue weighted by atomic mass is 35.5. The van der Waals surface area contributed by atoms with Crippen molar-refractivity contribution in [3.63, 3.8) is 0 Å². The summed E-state index contributed by atoms with van der Waals surface area (Å²) >= 11 is 5.94. The number of piperidine rings is 1. The summed E-state index contributed by atoms with van der Waals surface area (Å²) in [5.74, 6) is 0. The van der Waals surface area contributed by atoms with Crippen LogP contribution in [0, 0.1) is 0 Å². The maximum atomic E-state index is 11.6. The zero-order valence-corrected chi connectivity index (χ0v) is 11.6. The molecule has 0 spiro atoms. The van der Waals surface area contributed by atoms with E-state index >= 15 is 0 Å². The van der Waals surface area contributed by atoms with Crippen LogP contribution in [-0.4, -0.2) is 25.3 Å². The molecular weight excluding hydrogens is 264 g/mol. The molecule has 2 N–H and O–H groups in total. The first-order chi connectivity index (χ1) is 9.25. The van der Waals surface area contributed by atoms with Crippen molar-refractivity contribution in [2.24, 2.45) is 0 Å². The van der Waals surface area contributed by atoms with E-state index in [2.05, 4.69) is 10.6 Å². The summed E-state index contributed by atoms with van der Waals surface area (Å²) in [7, 11) is 0. The fourth-order valence-electron chi connectivity index (χ4n) is 2.17. The van der Waals surface area contributed by atoms with Gasteiger partial charge in [0.05, 0.1) is 17.3 Å². The summed E-state index contributed by atoms with van der Waals surface area (Å²) in [4.78, 5) is 11.6. The van der Waals surface area contributed by atoms with Gasteiger partial charge in [0, 0.05) is 6.04 Å². The smallest absolute Gasteiger partial charge is 0.411 e. The second-order valence-corrected chi connectivity index (χ2v) is 5.08. The lowest BCUT2D eigenvalue weighted by Gasteiger charge is -2.23. The largest absolute Gasteiger partial charge is 0.449 e. The van der Waals surface area contributed by atoms with Crippen LogP contribution in [0.5, 0.6) is 0 Å². The van der Waals surface area contributed by atoms with Gasteiger partial charge in [0.1, 0.15) is 0 Å². The lowest BCUT2D eigenvalue weighted by Crippen LogP contribution is -2.35. The van der Waals surface area contributed by atoms with Crippen LogP contribution in [0.15, 0.2) is 24.3 Å². The lowest BCUT2D eigenvalue weighted by molar-refractivity contribution is 0.153. The molecule has 1 atom stereocenters. The van der Waals surface area contributed by atoms with Gasteiger partial charge in [-0.25, -0.2) is 4.79 Å². The zero-order chi connectivity index (χ0) is 13.5. The van der Waals surface area contributed by atoms with Crippen LogP contribution in [0.2, 0.25) is 5.02 Å². The fourth-order valence-corrected chi connectivity index (χ4v) is 2.36. The number of rotatable bonds is 4. The van der Waals surface area contributed by atoms with E-state index in [1.165, 1.54) is 12.8 Å². The zero-order valence-electron chi connectivity index (χ0n) is 10.8. The van der Waals surface area contributed by atoms with Crippen molar-refractivity contribution in [2.45, 2.75) is 31.7 Å². The van der Waals surface area contributed by atoms with Gasteiger partial charge in [-0.15, -0.1) is 0 Å². The third-order valence-electron chi connectivity index (χ3n) is 3.22. The molecule has 1 amide bonds. The average molecular weight is 283 g/mol. The summed E-state index contributed by atoms with van der Waals surface area (Å²) < 4.78 is 5.16. The minimum atomic E-state index is -0.455. The Kier molecular flexibility index (Phi) is 5.48. The molecule has 2 rings (SSSR count). The molecule has 1 saturated heterocycles. The van der Waals surface area contributed by atoms with E-state index in [0.717, 1.165) is 19.4 Å². The average Bonchev–Trinajstić information content (AvgIpc) is 2.43. The van der Waals surface area contributed by atoms with Gasteiger partial charge in [-0.1, -0.05) is 30.2 Å². The number of carbonyl (C=O) groups excluding carboxylic acids is 1. The molecule has 19 heavy (non-hydrogen) atoms. The first-order valence-corrected chi connectivity index (χ1v) is 7.05. The molecule has 1 aliphatic heterocycles. The van der Waals surface area contributed by atoms with E-state index in [1.54, 1.807) is 12.1 Å². The summed E-state index contributed by atoms with van der Waals surface area (Å²) in [6.45, 7) is 1.49. The minimum Gasteiger partial charge on any atom is -0.449 e. The topological polar surface area (TPSA) is 50.4 Å². The van der Waals surface area contributed by atoms with E-state index in [-0.39, 0.29) is 0 Å². The molecule has 0 aliphatic carbocycles. The van der Waals surface area contributed by atoms with Crippen LogP contribution in [0.4, 0.5) is 10.5 Å². The van der Waals surface area contributed by atoms with Crippen molar-refractivity contribution in [3.8, 4) is 0 Å². The predicted molar refractivity (Wildman–Crippen MR) is 76.7 cm³/mol. The van der Waals surface area contributed by atoms with E-state index in [9.17, 15) is 4.79 Å². The van der Waals surface area contributed by atoms with Gasteiger partial charge in [0.15, 0.2) is 0 Å². The first-order valence-electron chi connectivity index (χ1n) is 6.67. The van der Waals surface area contributed by atoms with Gasteiger partial charge in [-0.3, -0.25) is 5.32 Å². The highest BCUT2D eigenvalue weighted by Gasteiger charge is 2.13. The molecule has 0 radical (unpaired) electrons. The van der Waals surface area contributed by atoms with Gasteiger partial charge in [0.25, 0.3) is 0 Å². The molecule has 0 bridgehead atoms. The second-order valence-electron chi connectivity index (χ2n) is 4.68. The predicted octanol–water partition coefficient (Wildman–Crippen LogP) is 3.42. The molecule has 5 heteroatoms. The van der Waals surface area contributed by atoms with E-state index < -0.39 is 6.09 Å². The number of ether oxygens (including phenoxy) is 1. The summed E-state index contributed by atoms with van der Waals surface area (Å²) in [6.07, 6.45) is 4.06. The van der Waals surface area contributed by atoms with Crippen molar-refractivity contribution < 1.29 is 9.53 Å². The van der Waals surface area contributed by atoms with E-state index in [4.69, 9.17) is 16.3 Å². The van der Waals surface area contributed by atoms with Crippen LogP contribution < -0.4 is 10.6 Å². The summed E-state index contributed by atoms with van der Waals surface area (Å²) in [5.41, 5.74) is 0.574. The van der Waals surface area contributed by atoms with Gasteiger partial charge >= 0.3 is 6.09 Å². The van der Waals surface area contributed by atoms with Crippen molar-refractivity contribution in [1.82, 2.24) is 5.32 Å². The highest BCUT2D eigenvalue weighted by Crippen LogP contribution is 2.20. The molecule has 104 valence electrons. The number of carbonyl (C=O) groups is 1. The summed E-state index contributed by atoms with van der Waals surface area (Å²) in [5, 5.41) is 6.56. The number of amides is 1. The number of benzene rings is 1. The van der Waals surface area contributed by atoms with Crippen molar-refractivity contribution in [2.75, 3.05) is 18.5 Å². The van der Waals surface area contributed by atoms with Crippen molar-refractivity contribution >= 4 is 23.4 Å². The third-order valence-corrected chi connectivity index (χ3v) is 3.55. The molecule has 0 saturated carbocycles. The molecule has 4 nitrogen and oxygen atoms in total. The standard InChI is InChI=1S/C14H19ClN2O2/c15-12-6-1-2-7-13(12)17-14(18)19-10-8-11-5-3-4-9-16-11/h1-2,6-7,11,16H,3-5,8-10H2,(H,17,18). The quantitative estimate of drug-likeness (QED) is 0.890. The normalized spacial score (nSPS) is 18.9. The van der Waals surface area contributed by atoms with Gasteiger partial charge < -0.3 is 10.1 Å². The second kappa shape index (κ2) is 7.36. The van der Waals surface area contributed by atoms with Crippen LogP contribution in [0.3, 0.4) is 0 Å². The maximum absolute atomic E-state index is 11.6. The molecule has 1 heterocycles. The monoisotopic (exact) mass is 282 g/mol. The Morgan fingerprint density at radius 1 is 1.42 bits per heavy atom. The Hall–Kier alpha value is -1.26. The lowest BCUT2D eigenvalue weighted by atomic mass is 10.0. The number of anilines is 1. The van der Waals surface area contributed by atoms with Crippen LogP contribution in [-0.2, 0) is 4.74 Å². The Morgan fingerprint density at radius 2 is 2.26 bits per heavy atom. The Bertz CT molecular complexity index is 420. The molecule has 1 aromatic rings. The first kappa shape index (κ1) is 14.2. The number of para-hydroxylation sites is 1. The van der Waals surface area contributed by atoms with Crippen molar-refractivity contribution in [1.29, 1.82) is 0 Å². The molecule has 1 fully saturated rings. The number of halogens is 1. The Labute approximate surface area is 118 Å². The molecule has 1 aromatic carbocycles. The van der Waals surface area contributed by atoms with Gasteiger partial charge in [-0.05, 0) is 37.9 Å². The highest BCUT2D eigenvalue weighted by molar-refractivity contribution is 6.33. The Balaban J connectivity index is 1.68. The summed E-state index contributed by atoms with van der Waals surface area (Å²) in [6, 6.07) is 7.57. The number of hydrogen-bond donors (Lipinski definition) is 2. The SMILES string of the molecule is O=C(Nc1ccccc1Cl)OCCC1CCCCN1. The third kappa shape index (κ3) is 4.73. The molecule has 0 aromatic heterocycles. The maximum Gasteiger partial charge on any atom is 0.411 e. The number of hydrogen-bond acceptors (Lipinski definition) is 3. The van der Waals surface area contributed by atoms with E-state index in [0.29, 0.717) is 23.4 Å². The molecule has 1 aliphatic rings. The van der Waals surface area contributed by atoms with Gasteiger partial charge in [-0.2, -0.15) is 0 Å². The molecular formula is C14H19ClN2O2.